The number of rotatable bonds is 4. The van der Waals surface area contributed by atoms with Crippen LogP contribution in [0.3, 0.4) is 0 Å². The van der Waals surface area contributed by atoms with Gasteiger partial charge in [0.1, 0.15) is 0 Å². The Bertz CT molecular complexity index is 561. The summed E-state index contributed by atoms with van der Waals surface area (Å²) in [6.07, 6.45) is 0. The number of nitrogens with zero attached hydrogens (tertiary/aromatic N) is 1. The van der Waals surface area contributed by atoms with Crippen LogP contribution in [0, 0.1) is 11.8 Å². The van der Waals surface area contributed by atoms with E-state index in [0.29, 0.717) is 28.3 Å². The van der Waals surface area contributed by atoms with Gasteiger partial charge in [0.25, 0.3) is 0 Å². The third-order valence-corrected chi connectivity index (χ3v) is 6.28. The zero-order valence-corrected chi connectivity index (χ0v) is 12.8. The van der Waals surface area contributed by atoms with Crippen LogP contribution in [0.4, 0.5) is 0 Å². The quantitative estimate of drug-likeness (QED) is 0.909. The second kappa shape index (κ2) is 5.64. The first-order chi connectivity index (χ1) is 9.54. The van der Waals surface area contributed by atoms with Crippen molar-refractivity contribution in [3.8, 4) is 0 Å². The van der Waals surface area contributed by atoms with E-state index >= 15 is 0 Å². The molecule has 0 bridgehead atoms. The van der Waals surface area contributed by atoms with Crippen molar-refractivity contribution in [2.45, 2.75) is 4.90 Å². The maximum atomic E-state index is 12.3. The first-order valence-corrected chi connectivity index (χ1v) is 8.99. The second-order valence-electron chi connectivity index (χ2n) is 5.71. The van der Waals surface area contributed by atoms with Crippen molar-refractivity contribution in [1.29, 1.82) is 0 Å². The van der Waals surface area contributed by atoms with Crippen LogP contribution < -0.4 is 5.32 Å². The average molecular weight is 315 g/mol. The molecule has 2 heterocycles. The lowest BCUT2D eigenvalue weighted by Gasteiger charge is -2.16. The Hall–Kier alpha value is -0.620. The van der Waals surface area contributed by atoms with Gasteiger partial charge >= 0.3 is 0 Å². The molecule has 0 unspecified atom stereocenters. The highest BCUT2D eigenvalue weighted by molar-refractivity contribution is 7.91. The van der Waals surface area contributed by atoms with Crippen molar-refractivity contribution >= 4 is 21.4 Å². The van der Waals surface area contributed by atoms with Crippen LogP contribution in [0.5, 0.6) is 0 Å². The van der Waals surface area contributed by atoms with Crippen LogP contribution in [-0.2, 0) is 9.84 Å². The highest BCUT2D eigenvalue weighted by Crippen LogP contribution is 2.26. The number of benzene rings is 1. The Labute approximate surface area is 125 Å². The molecule has 1 aromatic carbocycles. The lowest BCUT2D eigenvalue weighted by molar-refractivity contribution is 0.331. The average Bonchev–Trinajstić information content (AvgIpc) is 2.97. The first-order valence-electron chi connectivity index (χ1n) is 6.96. The summed E-state index contributed by atoms with van der Waals surface area (Å²) < 4.78 is 24.5. The number of halogens is 1. The van der Waals surface area contributed by atoms with Crippen LogP contribution in [0.2, 0.25) is 5.02 Å². The third kappa shape index (κ3) is 3.01. The second-order valence-corrected chi connectivity index (χ2v) is 8.26. The van der Waals surface area contributed by atoms with Crippen LogP contribution in [0.1, 0.15) is 0 Å². The van der Waals surface area contributed by atoms with E-state index in [-0.39, 0.29) is 5.75 Å². The fourth-order valence-corrected chi connectivity index (χ4v) is 4.56. The predicted molar refractivity (Wildman–Crippen MR) is 79.8 cm³/mol. The summed E-state index contributed by atoms with van der Waals surface area (Å²) in [6.45, 7) is 4.82. The van der Waals surface area contributed by atoms with Gasteiger partial charge in [-0.3, -0.25) is 0 Å². The van der Waals surface area contributed by atoms with Crippen LogP contribution >= 0.6 is 11.6 Å². The molecule has 1 N–H and O–H groups in total. The Balaban J connectivity index is 1.59. The van der Waals surface area contributed by atoms with E-state index in [9.17, 15) is 8.42 Å². The van der Waals surface area contributed by atoms with E-state index in [1.807, 2.05) is 0 Å². The molecule has 2 fully saturated rings. The van der Waals surface area contributed by atoms with Gasteiger partial charge in [0.15, 0.2) is 9.84 Å². The SMILES string of the molecule is O=S(=O)(CCN1C[C@H]2CNC[C@H]2C1)c1ccc(Cl)cc1. The highest BCUT2D eigenvalue weighted by Gasteiger charge is 2.36. The molecule has 110 valence electrons. The Morgan fingerprint density at radius 1 is 1.15 bits per heavy atom. The zero-order valence-electron chi connectivity index (χ0n) is 11.3. The summed E-state index contributed by atoms with van der Waals surface area (Å²) >= 11 is 5.79. The summed E-state index contributed by atoms with van der Waals surface area (Å²) in [5, 5.41) is 3.95. The molecule has 1 aromatic rings. The molecule has 2 atom stereocenters. The van der Waals surface area contributed by atoms with E-state index in [4.69, 9.17) is 11.6 Å². The summed E-state index contributed by atoms with van der Waals surface area (Å²) in [4.78, 5) is 2.65. The lowest BCUT2D eigenvalue weighted by Crippen LogP contribution is -2.30. The van der Waals surface area contributed by atoms with Crippen molar-refractivity contribution in [1.82, 2.24) is 10.2 Å². The number of sulfone groups is 1. The van der Waals surface area contributed by atoms with Crippen molar-refractivity contribution < 1.29 is 8.42 Å². The molecular formula is C14H19ClN2O2S. The van der Waals surface area contributed by atoms with E-state index < -0.39 is 9.84 Å². The number of fused-ring (bicyclic) bond motifs is 1. The number of hydrogen-bond acceptors (Lipinski definition) is 4. The molecular weight excluding hydrogens is 296 g/mol. The van der Waals surface area contributed by atoms with Crippen LogP contribution in [0.15, 0.2) is 29.2 Å². The van der Waals surface area contributed by atoms with E-state index in [1.54, 1.807) is 24.3 Å². The molecule has 0 amide bonds. The molecule has 0 aromatic heterocycles. The van der Waals surface area contributed by atoms with Gasteiger partial charge < -0.3 is 10.2 Å². The summed E-state index contributed by atoms with van der Waals surface area (Å²) in [7, 11) is -3.20. The van der Waals surface area contributed by atoms with Gasteiger partial charge in [0.05, 0.1) is 10.6 Å². The van der Waals surface area contributed by atoms with Crippen LogP contribution in [0.25, 0.3) is 0 Å². The molecule has 0 aliphatic carbocycles. The van der Waals surface area contributed by atoms with Crippen molar-refractivity contribution in [3.05, 3.63) is 29.3 Å². The largest absolute Gasteiger partial charge is 0.316 e. The number of hydrogen-bond donors (Lipinski definition) is 1. The lowest BCUT2D eigenvalue weighted by atomic mass is 10.0. The van der Waals surface area contributed by atoms with E-state index in [0.717, 1.165) is 26.2 Å². The number of nitrogens with one attached hydrogen (secondary N) is 1. The molecule has 0 spiro atoms. The maximum absolute atomic E-state index is 12.3. The fourth-order valence-electron chi connectivity index (χ4n) is 3.14. The monoisotopic (exact) mass is 314 g/mol. The van der Waals surface area contributed by atoms with Gasteiger partial charge in [-0.05, 0) is 49.2 Å². The van der Waals surface area contributed by atoms with Gasteiger partial charge in [-0.15, -0.1) is 0 Å². The highest BCUT2D eigenvalue weighted by atomic mass is 35.5. The zero-order chi connectivity index (χ0) is 14.2. The molecule has 6 heteroatoms. The van der Waals surface area contributed by atoms with Gasteiger partial charge in [0, 0.05) is 24.7 Å². The smallest absolute Gasteiger partial charge is 0.179 e. The van der Waals surface area contributed by atoms with Gasteiger partial charge in [-0.1, -0.05) is 11.6 Å². The summed E-state index contributed by atoms with van der Waals surface area (Å²) in [6, 6.07) is 6.42. The maximum Gasteiger partial charge on any atom is 0.179 e. The summed E-state index contributed by atoms with van der Waals surface area (Å²) in [5.41, 5.74) is 0. The van der Waals surface area contributed by atoms with E-state index in [2.05, 4.69) is 10.2 Å². The molecule has 2 aliphatic heterocycles. The minimum Gasteiger partial charge on any atom is -0.316 e. The van der Waals surface area contributed by atoms with Crippen LogP contribution in [-0.4, -0.2) is 51.8 Å². The standard InChI is InChI=1S/C14H19ClN2O2S/c15-13-1-3-14(4-2-13)20(18,19)6-5-17-9-11-7-16-8-12(11)10-17/h1-4,11-12,16H,5-10H2/t11-,12+. The molecule has 0 saturated carbocycles. The third-order valence-electron chi connectivity index (χ3n) is 4.31. The number of likely N-dealkylation sites (tertiary alicyclic amines) is 1. The fraction of sp³-hybridized carbons (Fsp3) is 0.571. The Kier molecular flexibility index (Phi) is 4.04. The Morgan fingerprint density at radius 3 is 2.35 bits per heavy atom. The molecule has 4 nitrogen and oxygen atoms in total. The van der Waals surface area contributed by atoms with Crippen molar-refractivity contribution in [2.24, 2.45) is 11.8 Å². The van der Waals surface area contributed by atoms with Gasteiger partial charge in [0.2, 0.25) is 0 Å². The molecule has 2 aliphatic rings. The summed E-state index contributed by atoms with van der Waals surface area (Å²) in [5.74, 6) is 1.59. The topological polar surface area (TPSA) is 49.4 Å². The molecule has 2 saturated heterocycles. The Morgan fingerprint density at radius 2 is 1.75 bits per heavy atom. The van der Waals surface area contributed by atoms with Crippen molar-refractivity contribution in [2.75, 3.05) is 38.5 Å². The minimum atomic E-state index is -3.20. The molecule has 3 rings (SSSR count). The normalized spacial score (nSPS) is 26.9. The van der Waals surface area contributed by atoms with Crippen molar-refractivity contribution in [3.63, 3.8) is 0 Å². The molecule has 20 heavy (non-hydrogen) atoms. The van der Waals surface area contributed by atoms with E-state index in [1.165, 1.54) is 0 Å². The first kappa shape index (κ1) is 14.3. The minimum absolute atomic E-state index is 0.182. The predicted octanol–water partition coefficient (Wildman–Crippen LogP) is 1.26. The van der Waals surface area contributed by atoms with Gasteiger partial charge in [-0.25, -0.2) is 8.42 Å². The van der Waals surface area contributed by atoms with Gasteiger partial charge in [-0.2, -0.15) is 0 Å². The molecule has 0 radical (unpaired) electrons.